The first-order valence-electron chi connectivity index (χ1n) is 8.04. The van der Waals surface area contributed by atoms with Crippen molar-refractivity contribution < 1.29 is 14.7 Å². The predicted octanol–water partition coefficient (Wildman–Crippen LogP) is 2.37. The molecule has 0 bridgehead atoms. The number of Topliss-reactive ketones (excluding diaryl/α,β-unsaturated/α-hetero) is 1. The maximum absolute atomic E-state index is 12.2. The zero-order valence-corrected chi connectivity index (χ0v) is 13.5. The van der Waals surface area contributed by atoms with Crippen LogP contribution < -0.4 is 0 Å². The molecule has 0 fully saturated rings. The molecule has 1 atom stereocenters. The van der Waals surface area contributed by atoms with Gasteiger partial charge in [-0.1, -0.05) is 12.1 Å². The van der Waals surface area contributed by atoms with Gasteiger partial charge in [0.25, 0.3) is 0 Å². The highest BCUT2D eigenvalue weighted by molar-refractivity contribution is 5.98. The number of ketones is 1. The summed E-state index contributed by atoms with van der Waals surface area (Å²) in [7, 11) is 1.71. The molecule has 1 aliphatic carbocycles. The second-order valence-corrected chi connectivity index (χ2v) is 6.21. The standard InChI is InChI=1S/C18H25NO3/c1-13(20)10-11-19(2)18(22)9-8-17(21)16-7-6-14-4-3-5-15(14)12-16/h6-7,12-13,20H,3-5,8-11H2,1-2H3. The predicted molar refractivity (Wildman–Crippen MR) is 86.0 cm³/mol. The minimum Gasteiger partial charge on any atom is -0.393 e. The molecule has 22 heavy (non-hydrogen) atoms. The number of aliphatic hydroxyl groups excluding tert-OH is 1. The van der Waals surface area contributed by atoms with E-state index in [0.717, 1.165) is 18.4 Å². The van der Waals surface area contributed by atoms with E-state index in [-0.39, 0.29) is 24.5 Å². The van der Waals surface area contributed by atoms with Gasteiger partial charge in [0, 0.05) is 32.0 Å². The van der Waals surface area contributed by atoms with E-state index in [9.17, 15) is 14.7 Å². The molecule has 0 saturated heterocycles. The highest BCUT2D eigenvalue weighted by Gasteiger charge is 2.16. The van der Waals surface area contributed by atoms with Gasteiger partial charge in [-0.2, -0.15) is 0 Å². The fourth-order valence-electron chi connectivity index (χ4n) is 2.81. The number of aliphatic hydroxyl groups is 1. The fraction of sp³-hybridized carbons (Fsp3) is 0.556. The van der Waals surface area contributed by atoms with Gasteiger partial charge < -0.3 is 10.0 Å². The largest absolute Gasteiger partial charge is 0.393 e. The molecule has 1 aromatic rings. The summed E-state index contributed by atoms with van der Waals surface area (Å²) in [4.78, 5) is 25.8. The molecule has 1 amide bonds. The lowest BCUT2D eigenvalue weighted by Gasteiger charge is -2.17. The molecule has 1 unspecified atom stereocenters. The molecule has 1 aliphatic rings. The number of nitrogens with zero attached hydrogens (tertiary/aromatic N) is 1. The number of rotatable bonds is 7. The highest BCUT2D eigenvalue weighted by Crippen LogP contribution is 2.23. The lowest BCUT2D eigenvalue weighted by Crippen LogP contribution is -2.29. The molecular weight excluding hydrogens is 278 g/mol. The van der Waals surface area contributed by atoms with Crippen LogP contribution >= 0.6 is 0 Å². The average Bonchev–Trinajstić information content (AvgIpc) is 2.97. The van der Waals surface area contributed by atoms with Crippen LogP contribution in [0.4, 0.5) is 0 Å². The Morgan fingerprint density at radius 1 is 1.23 bits per heavy atom. The number of aryl methyl sites for hydroxylation is 2. The Morgan fingerprint density at radius 3 is 2.68 bits per heavy atom. The summed E-state index contributed by atoms with van der Waals surface area (Å²) in [6, 6.07) is 5.92. The van der Waals surface area contributed by atoms with E-state index < -0.39 is 6.10 Å². The van der Waals surface area contributed by atoms with Gasteiger partial charge in [0.05, 0.1) is 6.10 Å². The topological polar surface area (TPSA) is 57.6 Å². The molecule has 0 saturated carbocycles. The molecular formula is C18H25NO3. The lowest BCUT2D eigenvalue weighted by atomic mass is 10.0. The van der Waals surface area contributed by atoms with Crippen LogP contribution in [-0.4, -0.2) is 41.4 Å². The quantitative estimate of drug-likeness (QED) is 0.787. The SMILES string of the molecule is CC(O)CCN(C)C(=O)CCC(=O)c1ccc2c(c1)CCC2. The first-order chi connectivity index (χ1) is 10.5. The van der Waals surface area contributed by atoms with E-state index in [1.807, 2.05) is 18.2 Å². The first kappa shape index (κ1) is 16.7. The van der Waals surface area contributed by atoms with E-state index in [1.54, 1.807) is 18.9 Å². The molecule has 1 N–H and O–H groups in total. The van der Waals surface area contributed by atoms with Crippen molar-refractivity contribution in [1.29, 1.82) is 0 Å². The number of carbonyl (C=O) groups is 2. The van der Waals surface area contributed by atoms with Crippen molar-refractivity contribution in [3.63, 3.8) is 0 Å². The Kier molecular flexibility index (Phi) is 5.72. The van der Waals surface area contributed by atoms with Crippen molar-refractivity contribution in [2.45, 2.75) is 51.6 Å². The second kappa shape index (κ2) is 7.54. The van der Waals surface area contributed by atoms with E-state index in [0.29, 0.717) is 13.0 Å². The maximum Gasteiger partial charge on any atom is 0.222 e. The summed E-state index contributed by atoms with van der Waals surface area (Å²) in [5.41, 5.74) is 3.36. The molecule has 0 spiro atoms. The molecule has 1 aromatic carbocycles. The summed E-state index contributed by atoms with van der Waals surface area (Å²) >= 11 is 0. The van der Waals surface area contributed by atoms with Crippen LogP contribution in [0.1, 0.15) is 54.1 Å². The molecule has 4 heteroatoms. The average molecular weight is 303 g/mol. The molecule has 120 valence electrons. The Labute approximate surface area is 132 Å². The van der Waals surface area contributed by atoms with E-state index >= 15 is 0 Å². The smallest absolute Gasteiger partial charge is 0.222 e. The number of hydrogen-bond acceptors (Lipinski definition) is 3. The number of benzene rings is 1. The van der Waals surface area contributed by atoms with E-state index in [2.05, 4.69) is 0 Å². The molecule has 0 aromatic heterocycles. The van der Waals surface area contributed by atoms with Crippen LogP contribution in [0, 0.1) is 0 Å². The molecule has 4 nitrogen and oxygen atoms in total. The summed E-state index contributed by atoms with van der Waals surface area (Å²) < 4.78 is 0. The minimum absolute atomic E-state index is 0.0342. The lowest BCUT2D eigenvalue weighted by molar-refractivity contribution is -0.130. The Balaban J connectivity index is 1.83. The van der Waals surface area contributed by atoms with Crippen molar-refractivity contribution in [3.05, 3.63) is 34.9 Å². The minimum atomic E-state index is -0.414. The van der Waals surface area contributed by atoms with Gasteiger partial charge in [-0.15, -0.1) is 0 Å². The van der Waals surface area contributed by atoms with Crippen molar-refractivity contribution in [1.82, 2.24) is 4.90 Å². The van der Waals surface area contributed by atoms with Gasteiger partial charge >= 0.3 is 0 Å². The van der Waals surface area contributed by atoms with Crippen LogP contribution in [0.3, 0.4) is 0 Å². The van der Waals surface area contributed by atoms with Crippen LogP contribution in [-0.2, 0) is 17.6 Å². The second-order valence-electron chi connectivity index (χ2n) is 6.21. The molecule has 0 radical (unpaired) electrons. The van der Waals surface area contributed by atoms with Gasteiger partial charge in [-0.3, -0.25) is 9.59 Å². The van der Waals surface area contributed by atoms with E-state index in [4.69, 9.17) is 0 Å². The third-order valence-electron chi connectivity index (χ3n) is 4.29. The number of amides is 1. The van der Waals surface area contributed by atoms with Gasteiger partial charge in [-0.25, -0.2) is 0 Å². The normalized spacial score (nSPS) is 14.5. The van der Waals surface area contributed by atoms with Crippen LogP contribution in [0.15, 0.2) is 18.2 Å². The number of carbonyl (C=O) groups excluding carboxylic acids is 2. The summed E-state index contributed by atoms with van der Waals surface area (Å²) in [5, 5.41) is 9.23. The molecule has 0 heterocycles. The zero-order chi connectivity index (χ0) is 16.1. The van der Waals surface area contributed by atoms with Crippen LogP contribution in [0.25, 0.3) is 0 Å². The fourth-order valence-corrected chi connectivity index (χ4v) is 2.81. The van der Waals surface area contributed by atoms with Gasteiger partial charge in [0.2, 0.25) is 5.91 Å². The van der Waals surface area contributed by atoms with Crippen LogP contribution in [0.2, 0.25) is 0 Å². The van der Waals surface area contributed by atoms with Crippen molar-refractivity contribution in [3.8, 4) is 0 Å². The Bertz CT molecular complexity index is 551. The monoisotopic (exact) mass is 303 g/mol. The summed E-state index contributed by atoms with van der Waals surface area (Å²) in [6.45, 7) is 2.22. The van der Waals surface area contributed by atoms with E-state index in [1.165, 1.54) is 17.5 Å². The maximum atomic E-state index is 12.2. The number of fused-ring (bicyclic) bond motifs is 1. The van der Waals surface area contributed by atoms with Crippen LogP contribution in [0.5, 0.6) is 0 Å². The van der Waals surface area contributed by atoms with Gasteiger partial charge in [0.15, 0.2) is 5.78 Å². The Morgan fingerprint density at radius 2 is 1.95 bits per heavy atom. The Hall–Kier alpha value is -1.68. The number of hydrogen-bond donors (Lipinski definition) is 1. The van der Waals surface area contributed by atoms with Crippen molar-refractivity contribution >= 4 is 11.7 Å². The van der Waals surface area contributed by atoms with Crippen molar-refractivity contribution in [2.24, 2.45) is 0 Å². The summed E-state index contributed by atoms with van der Waals surface area (Å²) in [6.07, 6.45) is 3.94. The van der Waals surface area contributed by atoms with Gasteiger partial charge in [-0.05, 0) is 49.8 Å². The van der Waals surface area contributed by atoms with Gasteiger partial charge in [0.1, 0.15) is 0 Å². The third kappa shape index (κ3) is 4.41. The highest BCUT2D eigenvalue weighted by atomic mass is 16.3. The molecule has 0 aliphatic heterocycles. The summed E-state index contributed by atoms with van der Waals surface area (Å²) in [5.74, 6) is -0.0119. The zero-order valence-electron chi connectivity index (χ0n) is 13.5. The third-order valence-corrected chi connectivity index (χ3v) is 4.29. The van der Waals surface area contributed by atoms with Crippen molar-refractivity contribution in [2.75, 3.05) is 13.6 Å². The first-order valence-corrected chi connectivity index (χ1v) is 8.04. The molecule has 2 rings (SSSR count).